The molecule has 0 bridgehead atoms. The first-order chi connectivity index (χ1) is 7.45. The first-order valence-electron chi connectivity index (χ1n) is 5.26. The molecule has 0 aromatic rings. The van der Waals surface area contributed by atoms with E-state index in [1.165, 1.54) is 0 Å². The number of esters is 1. The Kier molecular flexibility index (Phi) is 7.61. The SMILES string of the molecule is C#CCCOCCOCC(=O)OC(C)(C)C. The van der Waals surface area contributed by atoms with Crippen molar-refractivity contribution in [3.05, 3.63) is 0 Å². The molecular formula is C12H20O4. The lowest BCUT2D eigenvalue weighted by atomic mass is 10.2. The van der Waals surface area contributed by atoms with E-state index < -0.39 is 5.60 Å². The van der Waals surface area contributed by atoms with Crippen molar-refractivity contribution in [1.29, 1.82) is 0 Å². The number of carbonyl (C=O) groups excluding carboxylic acids is 1. The van der Waals surface area contributed by atoms with Crippen molar-refractivity contribution in [2.75, 3.05) is 26.4 Å². The normalized spacial score (nSPS) is 10.9. The van der Waals surface area contributed by atoms with Gasteiger partial charge in [-0.1, -0.05) is 0 Å². The van der Waals surface area contributed by atoms with Crippen LogP contribution >= 0.6 is 0 Å². The first kappa shape index (κ1) is 14.9. The molecule has 4 nitrogen and oxygen atoms in total. The molecule has 0 saturated heterocycles. The fourth-order valence-electron chi connectivity index (χ4n) is 0.877. The Morgan fingerprint density at radius 2 is 1.81 bits per heavy atom. The van der Waals surface area contributed by atoms with E-state index >= 15 is 0 Å². The van der Waals surface area contributed by atoms with Crippen LogP contribution in [0.3, 0.4) is 0 Å². The fraction of sp³-hybridized carbons (Fsp3) is 0.750. The molecule has 0 unspecified atom stereocenters. The number of hydrogen-bond acceptors (Lipinski definition) is 4. The van der Waals surface area contributed by atoms with Gasteiger partial charge in [-0.3, -0.25) is 0 Å². The molecule has 0 heterocycles. The minimum absolute atomic E-state index is 0.0459. The highest BCUT2D eigenvalue weighted by Gasteiger charge is 2.15. The Labute approximate surface area is 97.3 Å². The monoisotopic (exact) mass is 228 g/mol. The van der Waals surface area contributed by atoms with Crippen LogP contribution in [0.4, 0.5) is 0 Å². The Morgan fingerprint density at radius 1 is 1.19 bits per heavy atom. The van der Waals surface area contributed by atoms with Gasteiger partial charge in [0.15, 0.2) is 0 Å². The van der Waals surface area contributed by atoms with Crippen molar-refractivity contribution in [2.24, 2.45) is 0 Å². The Bertz CT molecular complexity index is 234. The molecule has 0 rings (SSSR count). The van der Waals surface area contributed by atoms with Gasteiger partial charge in [0, 0.05) is 6.42 Å². The Balaban J connectivity index is 3.32. The van der Waals surface area contributed by atoms with E-state index in [1.807, 2.05) is 20.8 Å². The molecule has 0 N–H and O–H groups in total. The maximum Gasteiger partial charge on any atom is 0.332 e. The molecule has 0 radical (unpaired) electrons. The molecule has 0 atom stereocenters. The van der Waals surface area contributed by atoms with E-state index in [0.717, 1.165) is 0 Å². The van der Waals surface area contributed by atoms with Crippen LogP contribution in [0.15, 0.2) is 0 Å². The first-order valence-corrected chi connectivity index (χ1v) is 5.26. The van der Waals surface area contributed by atoms with Gasteiger partial charge in [-0.15, -0.1) is 12.3 Å². The second-order valence-corrected chi connectivity index (χ2v) is 4.21. The van der Waals surface area contributed by atoms with Gasteiger partial charge >= 0.3 is 5.97 Å². The molecule has 0 amide bonds. The second kappa shape index (κ2) is 8.14. The van der Waals surface area contributed by atoms with Crippen LogP contribution in [0.2, 0.25) is 0 Å². The molecule has 0 aromatic heterocycles. The van der Waals surface area contributed by atoms with Gasteiger partial charge in [0.2, 0.25) is 0 Å². The minimum atomic E-state index is -0.469. The molecule has 4 heteroatoms. The third-order valence-electron chi connectivity index (χ3n) is 1.40. The van der Waals surface area contributed by atoms with Crippen molar-refractivity contribution >= 4 is 5.97 Å². The van der Waals surface area contributed by atoms with Crippen LogP contribution in [0.1, 0.15) is 27.2 Å². The van der Waals surface area contributed by atoms with E-state index in [-0.39, 0.29) is 12.6 Å². The summed E-state index contributed by atoms with van der Waals surface area (Å²) >= 11 is 0. The van der Waals surface area contributed by atoms with Crippen molar-refractivity contribution < 1.29 is 19.0 Å². The van der Waals surface area contributed by atoms with Gasteiger partial charge in [-0.05, 0) is 20.8 Å². The summed E-state index contributed by atoms with van der Waals surface area (Å²) < 4.78 is 15.3. The van der Waals surface area contributed by atoms with E-state index in [1.54, 1.807) is 0 Å². The summed E-state index contributed by atoms with van der Waals surface area (Å²) in [5.41, 5.74) is -0.469. The van der Waals surface area contributed by atoms with E-state index in [4.69, 9.17) is 20.6 Å². The van der Waals surface area contributed by atoms with Crippen LogP contribution in [0.5, 0.6) is 0 Å². The molecule has 0 aliphatic carbocycles. The molecule has 0 aliphatic rings. The summed E-state index contributed by atoms with van der Waals surface area (Å²) in [4.78, 5) is 11.2. The average Bonchev–Trinajstić information content (AvgIpc) is 2.13. The number of hydrogen-bond donors (Lipinski definition) is 0. The Morgan fingerprint density at radius 3 is 2.38 bits per heavy atom. The summed E-state index contributed by atoms with van der Waals surface area (Å²) in [6.07, 6.45) is 5.63. The third-order valence-corrected chi connectivity index (χ3v) is 1.40. The quantitative estimate of drug-likeness (QED) is 0.375. The lowest BCUT2D eigenvalue weighted by Gasteiger charge is -2.19. The lowest BCUT2D eigenvalue weighted by molar-refractivity contribution is -0.160. The average molecular weight is 228 g/mol. The van der Waals surface area contributed by atoms with E-state index in [0.29, 0.717) is 26.2 Å². The predicted molar refractivity (Wildman–Crippen MR) is 60.9 cm³/mol. The molecule has 16 heavy (non-hydrogen) atoms. The van der Waals surface area contributed by atoms with Gasteiger partial charge < -0.3 is 14.2 Å². The minimum Gasteiger partial charge on any atom is -0.458 e. The predicted octanol–water partition coefficient (Wildman–Crippen LogP) is 1.38. The summed E-state index contributed by atoms with van der Waals surface area (Å²) in [5.74, 6) is 2.10. The van der Waals surface area contributed by atoms with Crippen LogP contribution in [-0.4, -0.2) is 38.0 Å². The highest BCUT2D eigenvalue weighted by molar-refractivity contribution is 5.71. The highest BCUT2D eigenvalue weighted by atomic mass is 16.6. The maximum absolute atomic E-state index is 11.2. The van der Waals surface area contributed by atoms with Gasteiger partial charge in [0.1, 0.15) is 12.2 Å². The van der Waals surface area contributed by atoms with Gasteiger partial charge in [-0.25, -0.2) is 4.79 Å². The standard InChI is InChI=1S/C12H20O4/c1-5-6-7-14-8-9-15-10-11(13)16-12(2,3)4/h1H,6-10H2,2-4H3. The topological polar surface area (TPSA) is 44.8 Å². The van der Waals surface area contributed by atoms with Crippen LogP contribution < -0.4 is 0 Å². The smallest absolute Gasteiger partial charge is 0.332 e. The fourth-order valence-corrected chi connectivity index (χ4v) is 0.877. The maximum atomic E-state index is 11.2. The zero-order valence-corrected chi connectivity index (χ0v) is 10.2. The number of carbonyl (C=O) groups is 1. The molecule has 0 spiro atoms. The van der Waals surface area contributed by atoms with Crippen LogP contribution in [0, 0.1) is 12.3 Å². The third kappa shape index (κ3) is 11.0. The zero-order valence-electron chi connectivity index (χ0n) is 10.2. The Hall–Kier alpha value is -1.05. The van der Waals surface area contributed by atoms with Crippen LogP contribution in [-0.2, 0) is 19.0 Å². The molecule has 0 fully saturated rings. The second-order valence-electron chi connectivity index (χ2n) is 4.21. The van der Waals surface area contributed by atoms with Crippen LogP contribution in [0.25, 0.3) is 0 Å². The number of terminal acetylenes is 1. The van der Waals surface area contributed by atoms with E-state index in [9.17, 15) is 4.79 Å². The molecular weight excluding hydrogens is 208 g/mol. The molecule has 92 valence electrons. The van der Waals surface area contributed by atoms with Crippen molar-refractivity contribution in [3.8, 4) is 12.3 Å². The zero-order chi connectivity index (χ0) is 12.4. The molecule has 0 aliphatic heterocycles. The van der Waals surface area contributed by atoms with E-state index in [2.05, 4.69) is 5.92 Å². The van der Waals surface area contributed by atoms with Crippen molar-refractivity contribution in [3.63, 3.8) is 0 Å². The summed E-state index contributed by atoms with van der Waals surface area (Å²) in [5, 5.41) is 0. The van der Waals surface area contributed by atoms with Gasteiger partial charge in [-0.2, -0.15) is 0 Å². The lowest BCUT2D eigenvalue weighted by Crippen LogP contribution is -2.27. The number of ether oxygens (including phenoxy) is 3. The number of rotatable bonds is 7. The highest BCUT2D eigenvalue weighted by Crippen LogP contribution is 2.06. The van der Waals surface area contributed by atoms with Crippen molar-refractivity contribution in [2.45, 2.75) is 32.8 Å². The largest absolute Gasteiger partial charge is 0.458 e. The van der Waals surface area contributed by atoms with Gasteiger partial charge in [0.25, 0.3) is 0 Å². The summed E-state index contributed by atoms with van der Waals surface area (Å²) in [6.45, 7) is 6.71. The van der Waals surface area contributed by atoms with Crippen molar-refractivity contribution in [1.82, 2.24) is 0 Å². The molecule has 0 aromatic carbocycles. The molecule has 0 saturated carbocycles. The van der Waals surface area contributed by atoms with Gasteiger partial charge in [0.05, 0.1) is 19.8 Å². The summed E-state index contributed by atoms with van der Waals surface area (Å²) in [7, 11) is 0. The summed E-state index contributed by atoms with van der Waals surface area (Å²) in [6, 6.07) is 0.